The molecule has 0 amide bonds. The lowest BCUT2D eigenvalue weighted by Crippen LogP contribution is -2.51. The number of nitrogens with zero attached hydrogens (tertiary/aromatic N) is 1. The number of nitro benzene ring substituents is 1. The zero-order valence-electron chi connectivity index (χ0n) is 10.4. The molecule has 1 aromatic carbocycles. The van der Waals surface area contributed by atoms with Crippen LogP contribution in [0.25, 0.3) is 0 Å². The number of hydrogen-bond acceptors (Lipinski definition) is 6. The molecule has 0 atom stereocenters. The van der Waals surface area contributed by atoms with Crippen molar-refractivity contribution in [1.82, 2.24) is 4.72 Å². The largest absolute Gasteiger partial charge is 0.394 e. The van der Waals surface area contributed by atoms with Gasteiger partial charge in [-0.05, 0) is 13.0 Å². The molecule has 0 aromatic heterocycles. The average Bonchev–Trinajstić information content (AvgIpc) is 2.37. The Hall–Kier alpha value is -1.26. The Morgan fingerprint density at radius 3 is 2.35 bits per heavy atom. The maximum atomic E-state index is 12.1. The zero-order valence-corrected chi connectivity index (χ0v) is 12.0. The van der Waals surface area contributed by atoms with Crippen molar-refractivity contribution < 1.29 is 23.6 Å². The molecule has 20 heavy (non-hydrogen) atoms. The molecule has 0 heterocycles. The van der Waals surface area contributed by atoms with Crippen LogP contribution in [0.3, 0.4) is 0 Å². The summed E-state index contributed by atoms with van der Waals surface area (Å²) in [6, 6.07) is 2.89. The van der Waals surface area contributed by atoms with Crippen LogP contribution in [0.1, 0.15) is 6.92 Å². The molecule has 112 valence electrons. The van der Waals surface area contributed by atoms with E-state index in [4.69, 9.17) is 21.8 Å². The topological polar surface area (TPSA) is 130 Å². The van der Waals surface area contributed by atoms with Crippen LogP contribution in [0.15, 0.2) is 23.1 Å². The molecule has 0 bridgehead atoms. The molecule has 0 unspecified atom stereocenters. The fraction of sp³-hybridized carbons (Fsp3) is 0.400. The average molecular weight is 325 g/mol. The lowest BCUT2D eigenvalue weighted by Gasteiger charge is -2.25. The second kappa shape index (κ2) is 6.02. The predicted molar refractivity (Wildman–Crippen MR) is 71.0 cm³/mol. The first-order valence-corrected chi connectivity index (χ1v) is 7.21. The van der Waals surface area contributed by atoms with Crippen molar-refractivity contribution in [2.24, 2.45) is 0 Å². The van der Waals surface area contributed by atoms with Gasteiger partial charge in [-0.15, -0.1) is 0 Å². The highest BCUT2D eigenvalue weighted by Crippen LogP contribution is 2.26. The lowest BCUT2D eigenvalue weighted by molar-refractivity contribution is -0.384. The van der Waals surface area contributed by atoms with Gasteiger partial charge in [0.05, 0.1) is 28.7 Å². The molecule has 0 fully saturated rings. The Balaban J connectivity index is 3.20. The summed E-state index contributed by atoms with van der Waals surface area (Å²) >= 11 is 5.72. The van der Waals surface area contributed by atoms with Crippen LogP contribution in [0, 0.1) is 10.1 Å². The third-order valence-corrected chi connectivity index (χ3v) is 4.62. The van der Waals surface area contributed by atoms with E-state index >= 15 is 0 Å². The summed E-state index contributed by atoms with van der Waals surface area (Å²) in [5, 5.41) is 28.4. The van der Waals surface area contributed by atoms with Gasteiger partial charge in [0.15, 0.2) is 0 Å². The molecular weight excluding hydrogens is 312 g/mol. The van der Waals surface area contributed by atoms with Crippen molar-refractivity contribution in [1.29, 1.82) is 0 Å². The van der Waals surface area contributed by atoms with Crippen LogP contribution in [-0.4, -0.2) is 42.3 Å². The fourth-order valence-electron chi connectivity index (χ4n) is 1.32. The maximum absolute atomic E-state index is 12.1. The van der Waals surface area contributed by atoms with Crippen LogP contribution < -0.4 is 4.72 Å². The molecule has 0 saturated carbocycles. The van der Waals surface area contributed by atoms with Gasteiger partial charge in [0.1, 0.15) is 4.90 Å². The molecule has 0 radical (unpaired) electrons. The Morgan fingerprint density at radius 1 is 1.40 bits per heavy atom. The molecule has 0 spiro atoms. The summed E-state index contributed by atoms with van der Waals surface area (Å²) in [6.07, 6.45) is 0. The number of sulfonamides is 1. The molecule has 0 aliphatic rings. The molecule has 0 aliphatic carbocycles. The van der Waals surface area contributed by atoms with Gasteiger partial charge in [-0.2, -0.15) is 0 Å². The SMILES string of the molecule is CC(CO)(CO)NS(=O)(=O)c1ccc([N+](=O)[O-])cc1Cl. The molecule has 1 rings (SSSR count). The second-order valence-corrected chi connectivity index (χ2v) is 6.41. The summed E-state index contributed by atoms with van der Waals surface area (Å²) in [5.74, 6) is 0. The molecule has 1 aromatic rings. The number of benzene rings is 1. The van der Waals surface area contributed by atoms with Crippen molar-refractivity contribution in [3.63, 3.8) is 0 Å². The van der Waals surface area contributed by atoms with E-state index in [9.17, 15) is 18.5 Å². The molecule has 10 heteroatoms. The van der Waals surface area contributed by atoms with Crippen LogP contribution in [0.5, 0.6) is 0 Å². The second-order valence-electron chi connectivity index (χ2n) is 4.35. The van der Waals surface area contributed by atoms with Crippen molar-refractivity contribution in [2.75, 3.05) is 13.2 Å². The number of nitro groups is 1. The molecule has 0 aliphatic heterocycles. The standard InChI is InChI=1S/C10H13ClN2O6S/c1-10(5-14,6-15)12-20(18,19)9-3-2-7(13(16)17)4-8(9)11/h2-4,12,14-15H,5-6H2,1H3. The van der Waals surface area contributed by atoms with E-state index in [-0.39, 0.29) is 15.6 Å². The molecular formula is C10H13ClN2O6S. The summed E-state index contributed by atoms with van der Waals surface area (Å²) in [6.45, 7) is 0.0322. The van der Waals surface area contributed by atoms with Gasteiger partial charge >= 0.3 is 0 Å². The lowest BCUT2D eigenvalue weighted by atomic mass is 10.1. The monoisotopic (exact) mass is 324 g/mol. The van der Waals surface area contributed by atoms with Crippen LogP contribution in [0.4, 0.5) is 5.69 Å². The highest BCUT2D eigenvalue weighted by Gasteiger charge is 2.31. The van der Waals surface area contributed by atoms with Crippen molar-refractivity contribution in [3.05, 3.63) is 33.3 Å². The van der Waals surface area contributed by atoms with E-state index in [1.807, 2.05) is 0 Å². The van der Waals surface area contributed by atoms with Crippen molar-refractivity contribution in [2.45, 2.75) is 17.4 Å². The van der Waals surface area contributed by atoms with Gasteiger partial charge in [-0.1, -0.05) is 11.6 Å². The Bertz CT molecular complexity index is 614. The quantitative estimate of drug-likeness (QED) is 0.508. The minimum absolute atomic E-state index is 0.329. The van der Waals surface area contributed by atoms with Gasteiger partial charge in [0.2, 0.25) is 10.0 Å². The number of nitrogens with one attached hydrogen (secondary N) is 1. The van der Waals surface area contributed by atoms with E-state index in [2.05, 4.69) is 4.72 Å². The van der Waals surface area contributed by atoms with Crippen molar-refractivity contribution in [3.8, 4) is 0 Å². The third kappa shape index (κ3) is 3.64. The van der Waals surface area contributed by atoms with Crippen LogP contribution >= 0.6 is 11.6 Å². The van der Waals surface area contributed by atoms with E-state index in [1.54, 1.807) is 0 Å². The number of rotatable bonds is 6. The zero-order chi connectivity index (χ0) is 15.6. The van der Waals surface area contributed by atoms with Gasteiger partial charge in [-0.25, -0.2) is 13.1 Å². The molecule has 3 N–H and O–H groups in total. The Morgan fingerprint density at radius 2 is 1.95 bits per heavy atom. The first-order valence-electron chi connectivity index (χ1n) is 5.35. The van der Waals surface area contributed by atoms with Gasteiger partial charge in [0.25, 0.3) is 5.69 Å². The van der Waals surface area contributed by atoms with E-state index < -0.39 is 33.7 Å². The summed E-state index contributed by atoms with van der Waals surface area (Å²) in [7, 11) is -4.14. The first-order chi connectivity index (χ1) is 9.15. The van der Waals surface area contributed by atoms with E-state index in [0.717, 1.165) is 18.2 Å². The van der Waals surface area contributed by atoms with E-state index in [1.165, 1.54) is 6.92 Å². The Labute approximate surface area is 120 Å². The van der Waals surface area contributed by atoms with Crippen LogP contribution in [-0.2, 0) is 10.0 Å². The van der Waals surface area contributed by atoms with Crippen molar-refractivity contribution >= 4 is 27.3 Å². The minimum atomic E-state index is -4.14. The maximum Gasteiger partial charge on any atom is 0.271 e. The smallest absolute Gasteiger partial charge is 0.271 e. The number of halogens is 1. The number of non-ortho nitro benzene ring substituents is 1. The van der Waals surface area contributed by atoms with Gasteiger partial charge in [-0.3, -0.25) is 10.1 Å². The number of aliphatic hydroxyl groups is 2. The summed E-state index contributed by atoms with van der Waals surface area (Å²) < 4.78 is 26.3. The number of hydrogen-bond donors (Lipinski definition) is 3. The molecule has 8 nitrogen and oxygen atoms in total. The third-order valence-electron chi connectivity index (χ3n) is 2.49. The van der Waals surface area contributed by atoms with Gasteiger partial charge < -0.3 is 10.2 Å². The van der Waals surface area contributed by atoms with Gasteiger partial charge in [0, 0.05) is 12.1 Å². The molecule has 0 saturated heterocycles. The Kier molecular flexibility index (Phi) is 5.05. The van der Waals surface area contributed by atoms with E-state index in [0.29, 0.717) is 0 Å². The normalized spacial score (nSPS) is 12.4. The summed E-state index contributed by atoms with van der Waals surface area (Å²) in [5.41, 5.74) is -1.81. The van der Waals surface area contributed by atoms with Crippen LogP contribution in [0.2, 0.25) is 5.02 Å². The highest BCUT2D eigenvalue weighted by molar-refractivity contribution is 7.89. The fourth-order valence-corrected chi connectivity index (χ4v) is 3.25. The highest BCUT2D eigenvalue weighted by atomic mass is 35.5. The first kappa shape index (κ1) is 16.8. The predicted octanol–water partition coefficient (Wildman–Crippen LogP) is 0.270. The summed E-state index contributed by atoms with van der Waals surface area (Å²) in [4.78, 5) is 9.47. The number of aliphatic hydroxyl groups excluding tert-OH is 2. The minimum Gasteiger partial charge on any atom is -0.394 e.